The molecule has 1 aromatic rings. The Labute approximate surface area is 158 Å². The molecule has 0 radical (unpaired) electrons. The monoisotopic (exact) mass is 342 g/mol. The average molecular weight is 343 g/mol. The lowest BCUT2D eigenvalue weighted by Crippen LogP contribution is -2.12. The van der Waals surface area contributed by atoms with Gasteiger partial charge in [0.25, 0.3) is 0 Å². The van der Waals surface area contributed by atoms with Crippen molar-refractivity contribution >= 4 is 0 Å². The summed E-state index contributed by atoms with van der Waals surface area (Å²) in [5, 5.41) is 0. The molecule has 0 N–H and O–H groups in total. The van der Waals surface area contributed by atoms with Crippen molar-refractivity contribution in [3.63, 3.8) is 0 Å². The average Bonchev–Trinajstić information content (AvgIpc) is 2.57. The summed E-state index contributed by atoms with van der Waals surface area (Å²) in [5.74, 6) is 0. The third kappa shape index (κ3) is 12.5. The molecule has 0 aliphatic heterocycles. The number of allylic oxidation sites excluding steroid dienone is 4. The zero-order chi connectivity index (χ0) is 19.9. The molecular formula is C25H42. The van der Waals surface area contributed by atoms with Gasteiger partial charge >= 0.3 is 0 Å². The number of rotatable bonds is 7. The van der Waals surface area contributed by atoms with E-state index >= 15 is 0 Å². The van der Waals surface area contributed by atoms with Gasteiger partial charge in [-0.1, -0.05) is 122 Å². The van der Waals surface area contributed by atoms with Crippen molar-refractivity contribution in [3.8, 4) is 0 Å². The largest absolute Gasteiger partial charge is 0.0955 e. The molecule has 1 aromatic carbocycles. The van der Waals surface area contributed by atoms with Crippen LogP contribution in [0.5, 0.6) is 0 Å². The molecule has 0 atom stereocenters. The van der Waals surface area contributed by atoms with Gasteiger partial charge in [-0.2, -0.15) is 0 Å². The van der Waals surface area contributed by atoms with Gasteiger partial charge in [-0.15, -0.1) is 0 Å². The molecule has 0 saturated carbocycles. The summed E-state index contributed by atoms with van der Waals surface area (Å²) in [7, 11) is 0. The normalized spacial score (nSPS) is 10.4. The molecular weight excluding hydrogens is 300 g/mol. The standard InChI is InChI=1S/C20H28.C3H8.C2H6/c1-7-14-20(5,6)18(4)11-8-17(3)15-19-12-9-16(2)10-13-19;1-3-2;1-2/h8-13H,3-4,7,14-15H2,1-2,5-6H3;3H2,1-2H3;1-2H3/b11-8-;;. The molecule has 0 bridgehead atoms. The fourth-order valence-electron chi connectivity index (χ4n) is 2.26. The summed E-state index contributed by atoms with van der Waals surface area (Å²) in [4.78, 5) is 0. The Morgan fingerprint density at radius 2 is 1.44 bits per heavy atom. The molecule has 0 spiro atoms. The van der Waals surface area contributed by atoms with Crippen LogP contribution >= 0.6 is 0 Å². The zero-order valence-electron chi connectivity index (χ0n) is 18.2. The number of aryl methyl sites for hydroxylation is 1. The van der Waals surface area contributed by atoms with Crippen molar-refractivity contribution in [1.29, 1.82) is 0 Å². The Balaban J connectivity index is 0. The lowest BCUT2D eigenvalue weighted by molar-refractivity contribution is 0.413. The molecule has 0 unspecified atom stereocenters. The molecule has 0 saturated heterocycles. The first kappa shape index (κ1) is 25.7. The fraction of sp³-hybridized carbons (Fsp3) is 0.520. The second kappa shape index (κ2) is 14.8. The highest BCUT2D eigenvalue weighted by atomic mass is 14.2. The van der Waals surface area contributed by atoms with Gasteiger partial charge in [-0.25, -0.2) is 0 Å². The summed E-state index contributed by atoms with van der Waals surface area (Å²) >= 11 is 0. The van der Waals surface area contributed by atoms with Crippen molar-refractivity contribution in [2.24, 2.45) is 5.41 Å². The van der Waals surface area contributed by atoms with Gasteiger partial charge in [0.05, 0.1) is 0 Å². The van der Waals surface area contributed by atoms with Crippen LogP contribution in [0.15, 0.2) is 60.7 Å². The van der Waals surface area contributed by atoms with E-state index in [1.165, 1.54) is 36.0 Å². The molecule has 0 fully saturated rings. The summed E-state index contributed by atoms with van der Waals surface area (Å²) < 4.78 is 0. The van der Waals surface area contributed by atoms with Crippen LogP contribution in [0.2, 0.25) is 0 Å². The van der Waals surface area contributed by atoms with E-state index in [4.69, 9.17) is 0 Å². The Kier molecular flexibility index (Phi) is 15.2. The summed E-state index contributed by atoms with van der Waals surface area (Å²) in [6.07, 6.45) is 8.74. The summed E-state index contributed by atoms with van der Waals surface area (Å²) in [6, 6.07) is 8.64. The quantitative estimate of drug-likeness (QED) is 0.436. The van der Waals surface area contributed by atoms with E-state index in [2.05, 4.69) is 91.1 Å². The molecule has 0 aliphatic rings. The maximum Gasteiger partial charge on any atom is -0.00316 e. The van der Waals surface area contributed by atoms with Gasteiger partial charge in [0.2, 0.25) is 0 Å². The minimum atomic E-state index is 0.176. The van der Waals surface area contributed by atoms with Crippen molar-refractivity contribution in [2.75, 3.05) is 0 Å². The molecule has 142 valence electrons. The van der Waals surface area contributed by atoms with Crippen LogP contribution in [0.1, 0.15) is 78.9 Å². The van der Waals surface area contributed by atoms with E-state index in [0.29, 0.717) is 0 Å². The molecule has 0 heteroatoms. The van der Waals surface area contributed by atoms with Crippen LogP contribution in [0, 0.1) is 12.3 Å². The van der Waals surface area contributed by atoms with E-state index in [0.717, 1.165) is 12.0 Å². The van der Waals surface area contributed by atoms with E-state index < -0.39 is 0 Å². The number of benzene rings is 1. The van der Waals surface area contributed by atoms with Gasteiger partial charge in [0.15, 0.2) is 0 Å². The van der Waals surface area contributed by atoms with Crippen LogP contribution < -0.4 is 0 Å². The third-order valence-corrected chi connectivity index (χ3v) is 3.82. The lowest BCUT2D eigenvalue weighted by atomic mass is 9.80. The van der Waals surface area contributed by atoms with Gasteiger partial charge in [-0.05, 0) is 36.3 Å². The topological polar surface area (TPSA) is 0 Å². The maximum atomic E-state index is 4.21. The maximum absolute atomic E-state index is 4.21. The lowest BCUT2D eigenvalue weighted by Gasteiger charge is -2.24. The molecule has 25 heavy (non-hydrogen) atoms. The predicted molar refractivity (Wildman–Crippen MR) is 118 cm³/mol. The highest BCUT2D eigenvalue weighted by molar-refractivity contribution is 5.32. The molecule has 0 aliphatic carbocycles. The second-order valence-corrected chi connectivity index (χ2v) is 7.02. The first-order valence-electron chi connectivity index (χ1n) is 9.87. The van der Waals surface area contributed by atoms with Crippen molar-refractivity contribution in [2.45, 2.75) is 81.1 Å². The van der Waals surface area contributed by atoms with Crippen molar-refractivity contribution in [1.82, 2.24) is 0 Å². The van der Waals surface area contributed by atoms with Gasteiger partial charge in [0, 0.05) is 0 Å². The highest BCUT2D eigenvalue weighted by Gasteiger charge is 2.18. The third-order valence-electron chi connectivity index (χ3n) is 3.82. The van der Waals surface area contributed by atoms with Crippen LogP contribution in [0.25, 0.3) is 0 Å². The van der Waals surface area contributed by atoms with E-state index in [-0.39, 0.29) is 5.41 Å². The first-order chi connectivity index (χ1) is 11.8. The summed E-state index contributed by atoms with van der Waals surface area (Å²) in [5.41, 5.74) is 5.09. The van der Waals surface area contributed by atoms with Crippen molar-refractivity contribution in [3.05, 3.63) is 71.8 Å². The molecule has 0 nitrogen and oxygen atoms in total. The Hall–Kier alpha value is -1.56. The Morgan fingerprint density at radius 1 is 0.960 bits per heavy atom. The molecule has 0 aromatic heterocycles. The number of hydrogen-bond donors (Lipinski definition) is 0. The van der Waals surface area contributed by atoms with Gasteiger partial charge in [-0.3, -0.25) is 0 Å². The van der Waals surface area contributed by atoms with Gasteiger partial charge < -0.3 is 0 Å². The van der Waals surface area contributed by atoms with Crippen LogP contribution in [-0.2, 0) is 6.42 Å². The zero-order valence-corrected chi connectivity index (χ0v) is 18.2. The fourth-order valence-corrected chi connectivity index (χ4v) is 2.26. The van der Waals surface area contributed by atoms with E-state index in [1.54, 1.807) is 0 Å². The number of hydrogen-bond acceptors (Lipinski definition) is 0. The van der Waals surface area contributed by atoms with Crippen molar-refractivity contribution < 1.29 is 0 Å². The first-order valence-corrected chi connectivity index (χ1v) is 9.87. The minimum Gasteiger partial charge on any atom is -0.0955 e. The smallest absolute Gasteiger partial charge is 0.00316 e. The minimum absolute atomic E-state index is 0.176. The van der Waals surface area contributed by atoms with Gasteiger partial charge in [0.1, 0.15) is 0 Å². The molecule has 1 rings (SSSR count). The van der Waals surface area contributed by atoms with E-state index in [1.807, 2.05) is 13.8 Å². The Bertz CT molecular complexity index is 497. The molecule has 0 heterocycles. The van der Waals surface area contributed by atoms with Crippen LogP contribution in [0.3, 0.4) is 0 Å². The Morgan fingerprint density at radius 3 is 1.88 bits per heavy atom. The highest BCUT2D eigenvalue weighted by Crippen LogP contribution is 2.31. The molecule has 0 amide bonds. The van der Waals surface area contributed by atoms with Crippen LogP contribution in [0.4, 0.5) is 0 Å². The summed E-state index contributed by atoms with van der Waals surface area (Å²) in [6.45, 7) is 25.4. The van der Waals surface area contributed by atoms with Crippen LogP contribution in [-0.4, -0.2) is 0 Å². The SMILES string of the molecule is C=C(/C=C\C(=C)C(C)(C)CCC)Cc1ccc(C)cc1.CC.CCC. The predicted octanol–water partition coefficient (Wildman–Crippen LogP) is 8.47. The second-order valence-electron chi connectivity index (χ2n) is 7.02. The van der Waals surface area contributed by atoms with E-state index in [9.17, 15) is 0 Å².